The molecule has 6 aromatic rings. The molecule has 4 aromatic carbocycles. The molecule has 0 bridgehead atoms. The number of benzene rings is 4. The van der Waals surface area contributed by atoms with E-state index < -0.39 is 0 Å². The number of imidazole rings is 1. The van der Waals surface area contributed by atoms with Crippen LogP contribution in [0.3, 0.4) is 0 Å². The van der Waals surface area contributed by atoms with Gasteiger partial charge < -0.3 is 9.51 Å². The Morgan fingerprint density at radius 2 is 1.62 bits per heavy atom. The summed E-state index contributed by atoms with van der Waals surface area (Å²) in [4.78, 5) is 20.6. The van der Waals surface area contributed by atoms with E-state index in [9.17, 15) is 9.90 Å². The average molecular weight is 731 g/mol. The Balaban J connectivity index is 0.000000209. The Hall–Kier alpha value is -4.38. The average Bonchev–Trinajstić information content (AvgIpc) is 3.36. The number of nitrogens with zero attached hydrogens (tertiary/aromatic N) is 3. The van der Waals surface area contributed by atoms with Crippen molar-refractivity contribution in [3.63, 3.8) is 0 Å². The Morgan fingerprint density at radius 3 is 2.31 bits per heavy atom. The van der Waals surface area contributed by atoms with Crippen molar-refractivity contribution in [2.45, 2.75) is 33.6 Å². The molecule has 0 aliphatic carbocycles. The molecule has 0 fully saturated rings. The molecule has 0 spiro atoms. The van der Waals surface area contributed by atoms with Crippen LogP contribution in [0, 0.1) is 19.9 Å². The maximum atomic E-state index is 10.7. The SMILES string of the molecule is C=Cc1ccc(CCC(O)=CC(C)=O)cc1.Cc1cccc(C)c1-c1nc2ccc[c-]c2c2nc3ccccc3n12.[Ir]. The van der Waals surface area contributed by atoms with Gasteiger partial charge in [0.25, 0.3) is 0 Å². The molecule has 6 rings (SSSR count). The van der Waals surface area contributed by atoms with Gasteiger partial charge in [-0.15, -0.1) is 24.3 Å². The number of carbonyl (C=O) groups excluding carboxylic acids is 1. The van der Waals surface area contributed by atoms with Gasteiger partial charge >= 0.3 is 0 Å². The fourth-order valence-electron chi connectivity index (χ4n) is 5.01. The molecule has 0 atom stereocenters. The summed E-state index contributed by atoms with van der Waals surface area (Å²) < 4.78 is 2.17. The molecule has 0 aliphatic heterocycles. The standard InChI is InChI=1S/C22H16N3.C14H16O2.Ir/c1-14-8-7-9-15(2)20(14)22-23-17-11-4-3-10-16(17)21-24-18-12-5-6-13-19(18)25(21)22;1-3-12-4-6-13(7-5-12)8-9-14(16)10-11(2)15;/h3-9,11-13H,1-2H3;3-7,10,16H,1,8-9H2,2H3;/q-1;;. The van der Waals surface area contributed by atoms with Crippen LogP contribution >= 0.6 is 0 Å². The van der Waals surface area contributed by atoms with E-state index in [1.54, 1.807) is 6.08 Å². The molecule has 5 nitrogen and oxygen atoms in total. The number of hydrogen-bond acceptors (Lipinski definition) is 4. The van der Waals surface area contributed by atoms with Crippen LogP contribution in [0.5, 0.6) is 0 Å². The third-order valence-electron chi connectivity index (χ3n) is 7.02. The fourth-order valence-corrected chi connectivity index (χ4v) is 5.01. The number of aromatic nitrogens is 3. The molecule has 0 saturated heterocycles. The van der Waals surface area contributed by atoms with E-state index in [2.05, 4.69) is 55.2 Å². The first-order chi connectivity index (χ1) is 19.9. The van der Waals surface area contributed by atoms with Gasteiger partial charge in [-0.05, 0) is 67.1 Å². The van der Waals surface area contributed by atoms with E-state index in [0.29, 0.717) is 6.42 Å². The van der Waals surface area contributed by atoms with Crippen molar-refractivity contribution in [2.24, 2.45) is 0 Å². The van der Waals surface area contributed by atoms with Crippen LogP contribution < -0.4 is 0 Å². The minimum atomic E-state index is -0.125. The van der Waals surface area contributed by atoms with E-state index in [-0.39, 0.29) is 31.6 Å². The molecule has 1 N–H and O–H groups in total. The van der Waals surface area contributed by atoms with E-state index in [4.69, 9.17) is 9.97 Å². The first kappa shape index (κ1) is 30.6. The van der Waals surface area contributed by atoms with Gasteiger partial charge in [-0.1, -0.05) is 72.6 Å². The number of ketones is 1. The van der Waals surface area contributed by atoms with Crippen LogP contribution in [-0.2, 0) is 31.3 Å². The molecule has 0 amide bonds. The number of hydrogen-bond donors (Lipinski definition) is 1. The van der Waals surface area contributed by atoms with E-state index in [1.807, 2.05) is 60.7 Å². The van der Waals surface area contributed by atoms with Gasteiger partial charge in [-0.3, -0.25) is 14.8 Å². The second-order valence-electron chi connectivity index (χ2n) is 10.1. The van der Waals surface area contributed by atoms with Crippen molar-refractivity contribution < 1.29 is 30.0 Å². The summed E-state index contributed by atoms with van der Waals surface area (Å²) in [6.07, 6.45) is 4.27. The molecule has 2 aromatic heterocycles. The third-order valence-corrected chi connectivity index (χ3v) is 7.02. The van der Waals surface area contributed by atoms with Crippen LogP contribution in [0.2, 0.25) is 0 Å². The molecule has 1 radical (unpaired) electrons. The largest absolute Gasteiger partial charge is 0.512 e. The van der Waals surface area contributed by atoms with Crippen molar-refractivity contribution in [1.82, 2.24) is 14.4 Å². The molecular formula is C36H32IrN3O2-. The van der Waals surface area contributed by atoms with Crippen LogP contribution in [-0.4, -0.2) is 25.3 Å². The molecule has 2 heterocycles. The number of fused-ring (bicyclic) bond motifs is 5. The third kappa shape index (κ3) is 6.57. The quantitative estimate of drug-likeness (QED) is 0.106. The number of aliphatic hydroxyl groups excluding tert-OH is 1. The van der Waals surface area contributed by atoms with Crippen molar-refractivity contribution in [3.05, 3.63) is 132 Å². The Labute approximate surface area is 259 Å². The maximum absolute atomic E-state index is 10.7. The zero-order valence-electron chi connectivity index (χ0n) is 23.9. The summed E-state index contributed by atoms with van der Waals surface area (Å²) in [5.74, 6) is 0.950. The van der Waals surface area contributed by atoms with Crippen molar-refractivity contribution >= 4 is 39.4 Å². The van der Waals surface area contributed by atoms with Gasteiger partial charge in [0, 0.05) is 38.2 Å². The molecule has 0 aliphatic rings. The molecule has 0 saturated carbocycles. The number of rotatable bonds is 6. The van der Waals surface area contributed by atoms with E-state index >= 15 is 0 Å². The Kier molecular flexibility index (Phi) is 9.84. The predicted octanol–water partition coefficient (Wildman–Crippen LogP) is 8.41. The molecule has 213 valence electrons. The first-order valence-corrected chi connectivity index (χ1v) is 13.6. The van der Waals surface area contributed by atoms with Gasteiger partial charge in [0.05, 0.1) is 22.4 Å². The van der Waals surface area contributed by atoms with Crippen molar-refractivity contribution in [3.8, 4) is 11.4 Å². The number of aliphatic hydroxyl groups is 1. The summed E-state index contributed by atoms with van der Waals surface area (Å²) >= 11 is 0. The zero-order chi connectivity index (χ0) is 28.9. The Morgan fingerprint density at radius 1 is 0.929 bits per heavy atom. The van der Waals surface area contributed by atoms with Gasteiger partial charge in [0.2, 0.25) is 0 Å². The first-order valence-electron chi connectivity index (χ1n) is 13.6. The van der Waals surface area contributed by atoms with E-state index in [1.165, 1.54) is 29.7 Å². The van der Waals surface area contributed by atoms with Crippen LogP contribution in [0.1, 0.15) is 35.6 Å². The van der Waals surface area contributed by atoms with Crippen molar-refractivity contribution in [1.29, 1.82) is 0 Å². The summed E-state index contributed by atoms with van der Waals surface area (Å²) in [5, 5.41) is 10.4. The smallest absolute Gasteiger partial charge is 0.155 e. The molecule has 0 unspecified atom stereocenters. The van der Waals surface area contributed by atoms with E-state index in [0.717, 1.165) is 51.0 Å². The zero-order valence-corrected chi connectivity index (χ0v) is 26.3. The maximum Gasteiger partial charge on any atom is 0.155 e. The molecular weight excluding hydrogens is 699 g/mol. The van der Waals surface area contributed by atoms with Gasteiger partial charge in [0.1, 0.15) is 5.82 Å². The summed E-state index contributed by atoms with van der Waals surface area (Å²) in [6, 6.07) is 31.8. The predicted molar refractivity (Wildman–Crippen MR) is 168 cm³/mol. The van der Waals surface area contributed by atoms with Gasteiger partial charge in [-0.2, -0.15) is 0 Å². The number of allylic oxidation sites excluding steroid dienone is 2. The summed E-state index contributed by atoms with van der Waals surface area (Å²) in [5.41, 5.74) is 9.68. The number of aryl methyl sites for hydroxylation is 3. The van der Waals surface area contributed by atoms with Crippen LogP contribution in [0.15, 0.2) is 103 Å². The number of carbonyl (C=O) groups is 1. The van der Waals surface area contributed by atoms with Gasteiger partial charge in [-0.25, -0.2) is 0 Å². The number of para-hydroxylation sites is 2. The Bertz CT molecular complexity index is 1900. The minimum Gasteiger partial charge on any atom is -0.512 e. The minimum absolute atomic E-state index is 0. The second kappa shape index (κ2) is 13.5. The monoisotopic (exact) mass is 731 g/mol. The molecule has 6 heteroatoms. The van der Waals surface area contributed by atoms with Crippen LogP contribution in [0.4, 0.5) is 0 Å². The van der Waals surface area contributed by atoms with Crippen LogP contribution in [0.25, 0.3) is 45.0 Å². The topological polar surface area (TPSA) is 67.5 Å². The molecule has 42 heavy (non-hydrogen) atoms. The normalized spacial score (nSPS) is 11.2. The summed E-state index contributed by atoms with van der Waals surface area (Å²) in [7, 11) is 0. The van der Waals surface area contributed by atoms with Crippen molar-refractivity contribution in [2.75, 3.05) is 0 Å². The second-order valence-corrected chi connectivity index (χ2v) is 10.1. The van der Waals surface area contributed by atoms with Gasteiger partial charge in [0.15, 0.2) is 5.78 Å². The summed E-state index contributed by atoms with van der Waals surface area (Å²) in [6.45, 7) is 9.38. The fraction of sp³-hybridized carbons (Fsp3) is 0.139.